The molecule has 3 rings (SSSR count). The van der Waals surface area contributed by atoms with E-state index in [-0.39, 0.29) is 29.6 Å². The summed E-state index contributed by atoms with van der Waals surface area (Å²) in [5, 5.41) is 10.6. The molecule has 0 aromatic heterocycles. The molecular formula is C18H19ClO4. The molecule has 23 heavy (non-hydrogen) atoms. The molecule has 0 spiro atoms. The molecule has 0 radical (unpaired) electrons. The molecule has 0 amide bonds. The summed E-state index contributed by atoms with van der Waals surface area (Å²) in [6.07, 6.45) is 9.71. The number of benzene rings is 1. The van der Waals surface area contributed by atoms with Gasteiger partial charge in [0, 0.05) is 11.4 Å². The Bertz CT molecular complexity index is 665. The van der Waals surface area contributed by atoms with E-state index in [0.29, 0.717) is 29.8 Å². The molecule has 1 aromatic carbocycles. The van der Waals surface area contributed by atoms with Gasteiger partial charge in [-0.25, -0.2) is 4.79 Å². The first-order valence-corrected chi connectivity index (χ1v) is 8.14. The lowest BCUT2D eigenvalue weighted by Crippen LogP contribution is -2.19. The zero-order valence-corrected chi connectivity index (χ0v) is 13.6. The first kappa shape index (κ1) is 16.1. The zero-order chi connectivity index (χ0) is 16.4. The number of esters is 1. The summed E-state index contributed by atoms with van der Waals surface area (Å²) < 4.78 is 11.0. The number of phenols is 1. The Balaban J connectivity index is 1.91. The third-order valence-electron chi connectivity index (χ3n) is 4.04. The van der Waals surface area contributed by atoms with Gasteiger partial charge in [-0.05, 0) is 37.5 Å². The van der Waals surface area contributed by atoms with Crippen LogP contribution >= 0.6 is 11.6 Å². The smallest absolute Gasteiger partial charge is 0.342 e. The second-order valence-corrected chi connectivity index (χ2v) is 6.27. The van der Waals surface area contributed by atoms with Crippen LogP contribution in [0.5, 0.6) is 5.75 Å². The molecule has 1 saturated heterocycles. The molecule has 5 heteroatoms. The number of allylic oxidation sites excluding steroid dienone is 3. The minimum Gasteiger partial charge on any atom is -0.507 e. The number of hydrogen-bond acceptors (Lipinski definition) is 4. The topological polar surface area (TPSA) is 59.1 Å². The van der Waals surface area contributed by atoms with Crippen LogP contribution < -0.4 is 0 Å². The molecule has 3 unspecified atom stereocenters. The van der Waals surface area contributed by atoms with Crippen LogP contribution in [0, 0.1) is 0 Å². The fraction of sp³-hybridized carbons (Fsp3) is 0.389. The highest BCUT2D eigenvalue weighted by Gasteiger charge is 2.38. The molecule has 2 aliphatic rings. The number of cyclic esters (lactones) is 1. The molecular weight excluding hydrogens is 316 g/mol. The number of rotatable bonds is 0. The normalized spacial score (nSPS) is 30.3. The van der Waals surface area contributed by atoms with Gasteiger partial charge in [0.1, 0.15) is 23.5 Å². The fourth-order valence-electron chi connectivity index (χ4n) is 2.79. The van der Waals surface area contributed by atoms with Gasteiger partial charge in [-0.15, -0.1) is 0 Å². The molecule has 4 nitrogen and oxygen atoms in total. The van der Waals surface area contributed by atoms with E-state index in [0.717, 1.165) is 0 Å². The summed E-state index contributed by atoms with van der Waals surface area (Å²) in [4.78, 5) is 12.5. The predicted molar refractivity (Wildman–Crippen MR) is 87.9 cm³/mol. The Labute approximate surface area is 140 Å². The molecule has 122 valence electrons. The molecule has 2 aliphatic heterocycles. The number of halogens is 1. The lowest BCUT2D eigenvalue weighted by Gasteiger charge is -2.16. The molecule has 1 fully saturated rings. The van der Waals surface area contributed by atoms with Crippen molar-refractivity contribution >= 4 is 17.6 Å². The van der Waals surface area contributed by atoms with Crippen molar-refractivity contribution < 1.29 is 19.4 Å². The van der Waals surface area contributed by atoms with E-state index in [2.05, 4.69) is 0 Å². The van der Waals surface area contributed by atoms with Crippen LogP contribution in [0.2, 0.25) is 5.02 Å². The first-order chi connectivity index (χ1) is 11.1. The van der Waals surface area contributed by atoms with Crippen molar-refractivity contribution in [2.24, 2.45) is 0 Å². The summed E-state index contributed by atoms with van der Waals surface area (Å²) in [6, 6.07) is 3.02. The van der Waals surface area contributed by atoms with Crippen LogP contribution in [0.3, 0.4) is 0 Å². The number of hydrogen-bond donors (Lipinski definition) is 1. The van der Waals surface area contributed by atoms with Gasteiger partial charge in [-0.2, -0.15) is 0 Å². The van der Waals surface area contributed by atoms with Crippen LogP contribution in [0.25, 0.3) is 0 Å². The lowest BCUT2D eigenvalue weighted by molar-refractivity contribution is 0.0305. The number of fused-ring (bicyclic) bond motifs is 2. The SMILES string of the molecule is CC1CC2OC2/C=C\C=C\CCc2c(Cl)ccc(O)c2C(=O)O1. The Morgan fingerprint density at radius 2 is 2.13 bits per heavy atom. The van der Waals surface area contributed by atoms with Gasteiger partial charge in [0.15, 0.2) is 0 Å². The third-order valence-corrected chi connectivity index (χ3v) is 4.40. The highest BCUT2D eigenvalue weighted by molar-refractivity contribution is 6.32. The molecule has 0 bridgehead atoms. The summed E-state index contributed by atoms with van der Waals surface area (Å²) in [6.45, 7) is 1.83. The number of aromatic hydroxyl groups is 1. The molecule has 1 aromatic rings. The second kappa shape index (κ2) is 6.77. The summed E-state index contributed by atoms with van der Waals surface area (Å²) >= 11 is 6.22. The predicted octanol–water partition coefficient (Wildman–Crippen LogP) is 3.81. The van der Waals surface area contributed by atoms with Crippen molar-refractivity contribution in [1.29, 1.82) is 0 Å². The van der Waals surface area contributed by atoms with Crippen molar-refractivity contribution in [3.8, 4) is 5.75 Å². The fourth-order valence-corrected chi connectivity index (χ4v) is 3.04. The largest absolute Gasteiger partial charge is 0.507 e. The average molecular weight is 335 g/mol. The maximum Gasteiger partial charge on any atom is 0.342 e. The van der Waals surface area contributed by atoms with Crippen molar-refractivity contribution in [3.05, 3.63) is 52.6 Å². The van der Waals surface area contributed by atoms with E-state index < -0.39 is 5.97 Å². The van der Waals surface area contributed by atoms with Gasteiger partial charge in [-0.1, -0.05) is 35.9 Å². The van der Waals surface area contributed by atoms with E-state index in [4.69, 9.17) is 21.1 Å². The lowest BCUT2D eigenvalue weighted by atomic mass is 10.0. The quantitative estimate of drug-likeness (QED) is 0.579. The van der Waals surface area contributed by atoms with E-state index in [1.807, 2.05) is 31.2 Å². The van der Waals surface area contributed by atoms with Crippen molar-refractivity contribution in [1.82, 2.24) is 0 Å². The summed E-state index contributed by atoms with van der Waals surface area (Å²) in [7, 11) is 0. The van der Waals surface area contributed by atoms with Crippen LogP contribution in [0.1, 0.15) is 35.7 Å². The molecule has 0 aliphatic carbocycles. The highest BCUT2D eigenvalue weighted by atomic mass is 35.5. The van der Waals surface area contributed by atoms with E-state index in [1.54, 1.807) is 6.07 Å². The number of epoxide rings is 1. The van der Waals surface area contributed by atoms with Crippen molar-refractivity contribution in [2.75, 3.05) is 0 Å². The van der Waals surface area contributed by atoms with Crippen LogP contribution in [0.4, 0.5) is 0 Å². The third kappa shape index (κ3) is 3.77. The van der Waals surface area contributed by atoms with E-state index >= 15 is 0 Å². The summed E-state index contributed by atoms with van der Waals surface area (Å²) in [5.41, 5.74) is 0.786. The number of carbonyl (C=O) groups excluding carboxylic acids is 1. The maximum absolute atomic E-state index is 12.5. The Hall–Kier alpha value is -1.78. The minimum atomic E-state index is -0.540. The minimum absolute atomic E-state index is 0.0813. The van der Waals surface area contributed by atoms with Gasteiger partial charge >= 0.3 is 5.97 Å². The monoisotopic (exact) mass is 334 g/mol. The van der Waals surface area contributed by atoms with Gasteiger partial charge in [0.2, 0.25) is 0 Å². The zero-order valence-electron chi connectivity index (χ0n) is 12.9. The number of ether oxygens (including phenoxy) is 2. The molecule has 0 saturated carbocycles. The molecule has 2 heterocycles. The van der Waals surface area contributed by atoms with Crippen LogP contribution in [0.15, 0.2) is 36.4 Å². The average Bonchev–Trinajstić information content (AvgIpc) is 3.22. The summed E-state index contributed by atoms with van der Waals surface area (Å²) in [5.74, 6) is -0.639. The number of phenolic OH excluding ortho intramolecular Hbond substituents is 1. The first-order valence-electron chi connectivity index (χ1n) is 7.76. The Morgan fingerprint density at radius 3 is 2.96 bits per heavy atom. The van der Waals surface area contributed by atoms with Crippen LogP contribution in [-0.2, 0) is 15.9 Å². The van der Waals surface area contributed by atoms with Crippen molar-refractivity contribution in [3.63, 3.8) is 0 Å². The standard InChI is InChI=1S/C18H19ClO4/c1-11-10-16-15(23-16)7-5-3-2-4-6-12-13(19)8-9-14(20)17(12)18(21)22-11/h2-3,5,7-9,11,15-16,20H,4,6,10H2,1H3/b3-2+,7-5-. The Morgan fingerprint density at radius 1 is 1.30 bits per heavy atom. The van der Waals surface area contributed by atoms with Gasteiger partial charge < -0.3 is 14.6 Å². The van der Waals surface area contributed by atoms with Crippen molar-refractivity contribution in [2.45, 2.75) is 44.5 Å². The van der Waals surface area contributed by atoms with Gasteiger partial charge in [0.05, 0.1) is 6.10 Å². The highest BCUT2D eigenvalue weighted by Crippen LogP contribution is 2.32. The van der Waals surface area contributed by atoms with E-state index in [9.17, 15) is 9.90 Å². The molecule has 3 atom stereocenters. The Kier molecular flexibility index (Phi) is 4.74. The number of carbonyl (C=O) groups is 1. The second-order valence-electron chi connectivity index (χ2n) is 5.86. The van der Waals surface area contributed by atoms with Crippen LogP contribution in [-0.4, -0.2) is 29.4 Å². The van der Waals surface area contributed by atoms with Gasteiger partial charge in [0.25, 0.3) is 0 Å². The molecule has 1 N–H and O–H groups in total. The van der Waals surface area contributed by atoms with E-state index in [1.165, 1.54) is 6.07 Å². The maximum atomic E-state index is 12.5. The van der Waals surface area contributed by atoms with Gasteiger partial charge in [-0.3, -0.25) is 0 Å².